The van der Waals surface area contributed by atoms with Crippen LogP contribution in [0.25, 0.3) is 5.82 Å². The molecule has 19 heavy (non-hydrogen) atoms. The molecule has 0 atom stereocenters. The topological polar surface area (TPSA) is 80.9 Å². The van der Waals surface area contributed by atoms with E-state index in [9.17, 15) is 4.79 Å². The zero-order chi connectivity index (χ0) is 14.2. The van der Waals surface area contributed by atoms with Gasteiger partial charge in [-0.15, -0.1) is 5.10 Å². The summed E-state index contributed by atoms with van der Waals surface area (Å²) in [5, 5.41) is 13.4. The lowest BCUT2D eigenvalue weighted by atomic mass is 10.1. The number of rotatable bonds is 3. The number of carboxylic acid groups (broad SMARTS) is 1. The number of hydrogen-bond acceptors (Lipinski definition) is 4. The lowest BCUT2D eigenvalue weighted by Crippen LogP contribution is -2.09. The van der Waals surface area contributed by atoms with Crippen molar-refractivity contribution in [2.24, 2.45) is 0 Å². The van der Waals surface area contributed by atoms with Gasteiger partial charge in [0.05, 0.1) is 5.56 Å². The third-order valence-corrected chi connectivity index (χ3v) is 2.76. The second-order valence-electron chi connectivity index (χ2n) is 4.72. The molecule has 0 saturated heterocycles. The maximum atomic E-state index is 11.2. The molecule has 0 saturated carbocycles. The molecule has 2 aromatic heterocycles. The lowest BCUT2D eigenvalue weighted by Gasteiger charge is -2.09. The van der Waals surface area contributed by atoms with Crippen molar-refractivity contribution in [3.05, 3.63) is 35.0 Å². The third-order valence-electron chi connectivity index (χ3n) is 2.76. The van der Waals surface area contributed by atoms with Crippen LogP contribution in [-0.2, 0) is 0 Å². The molecule has 0 amide bonds. The fourth-order valence-electron chi connectivity index (χ4n) is 1.80. The quantitative estimate of drug-likeness (QED) is 0.914. The number of aromatic nitrogens is 4. The summed E-state index contributed by atoms with van der Waals surface area (Å²) in [6, 6.07) is 3.10. The van der Waals surface area contributed by atoms with Crippen LogP contribution < -0.4 is 0 Å². The van der Waals surface area contributed by atoms with E-state index in [4.69, 9.17) is 5.11 Å². The molecule has 2 aromatic rings. The van der Waals surface area contributed by atoms with E-state index in [1.54, 1.807) is 17.7 Å². The predicted octanol–water partition coefficient (Wildman–Crippen LogP) is 2.10. The van der Waals surface area contributed by atoms with E-state index in [1.165, 1.54) is 6.07 Å². The molecule has 0 aliphatic rings. The third kappa shape index (κ3) is 2.62. The standard InChI is InChI=1S/C13H16N4O2/c1-7(2)11-5-10(13(18)19)6-12(15-11)17-9(4)14-8(3)16-17/h5-7H,1-4H3,(H,18,19). The van der Waals surface area contributed by atoms with E-state index in [0.29, 0.717) is 17.5 Å². The Kier molecular flexibility index (Phi) is 3.33. The first-order valence-electron chi connectivity index (χ1n) is 6.04. The average molecular weight is 260 g/mol. The smallest absolute Gasteiger partial charge is 0.335 e. The maximum Gasteiger partial charge on any atom is 0.335 e. The highest BCUT2D eigenvalue weighted by Crippen LogP contribution is 2.17. The maximum absolute atomic E-state index is 11.2. The summed E-state index contributed by atoms with van der Waals surface area (Å²) in [5.74, 6) is 0.970. The van der Waals surface area contributed by atoms with Crippen molar-refractivity contribution in [3.63, 3.8) is 0 Å². The van der Waals surface area contributed by atoms with E-state index in [0.717, 1.165) is 5.69 Å². The Balaban J connectivity index is 2.62. The minimum atomic E-state index is -0.972. The predicted molar refractivity (Wildman–Crippen MR) is 69.7 cm³/mol. The fraction of sp³-hybridized carbons (Fsp3) is 0.385. The molecule has 1 N–H and O–H groups in total. The van der Waals surface area contributed by atoms with Crippen molar-refractivity contribution in [3.8, 4) is 5.82 Å². The summed E-state index contributed by atoms with van der Waals surface area (Å²) in [6.07, 6.45) is 0. The zero-order valence-electron chi connectivity index (χ0n) is 11.4. The number of aromatic carboxylic acids is 1. The molecule has 0 aliphatic carbocycles. The van der Waals surface area contributed by atoms with E-state index in [-0.39, 0.29) is 11.5 Å². The molecule has 0 fully saturated rings. The summed E-state index contributed by atoms with van der Waals surface area (Å²) >= 11 is 0. The van der Waals surface area contributed by atoms with Crippen LogP contribution >= 0.6 is 0 Å². The van der Waals surface area contributed by atoms with Gasteiger partial charge in [0.1, 0.15) is 11.6 Å². The minimum Gasteiger partial charge on any atom is -0.478 e. The SMILES string of the molecule is Cc1nc(C)n(-c2cc(C(=O)O)cc(C(C)C)n2)n1. The van der Waals surface area contributed by atoms with Gasteiger partial charge in [0.2, 0.25) is 0 Å². The van der Waals surface area contributed by atoms with Gasteiger partial charge in [-0.05, 0) is 31.9 Å². The van der Waals surface area contributed by atoms with Crippen molar-refractivity contribution in [2.75, 3.05) is 0 Å². The van der Waals surface area contributed by atoms with Gasteiger partial charge in [0, 0.05) is 5.69 Å². The largest absolute Gasteiger partial charge is 0.478 e. The first kappa shape index (κ1) is 13.2. The molecule has 0 bridgehead atoms. The Morgan fingerprint density at radius 2 is 1.95 bits per heavy atom. The first-order valence-corrected chi connectivity index (χ1v) is 6.04. The monoisotopic (exact) mass is 260 g/mol. The van der Waals surface area contributed by atoms with Gasteiger partial charge in [0.15, 0.2) is 5.82 Å². The first-order chi connectivity index (χ1) is 8.88. The number of carbonyl (C=O) groups is 1. The average Bonchev–Trinajstić information content (AvgIpc) is 2.67. The Bertz CT molecular complexity index is 632. The molecular formula is C13H16N4O2. The number of nitrogens with zero attached hydrogens (tertiary/aromatic N) is 4. The van der Waals surface area contributed by atoms with Crippen LogP contribution in [0.15, 0.2) is 12.1 Å². The van der Waals surface area contributed by atoms with Crippen molar-refractivity contribution in [1.82, 2.24) is 19.7 Å². The molecule has 6 heteroatoms. The van der Waals surface area contributed by atoms with E-state index in [2.05, 4.69) is 15.1 Å². The van der Waals surface area contributed by atoms with Gasteiger partial charge in [0.25, 0.3) is 0 Å². The van der Waals surface area contributed by atoms with Crippen LogP contribution in [0, 0.1) is 13.8 Å². The number of pyridine rings is 1. The second-order valence-corrected chi connectivity index (χ2v) is 4.72. The van der Waals surface area contributed by atoms with Gasteiger partial charge in [-0.1, -0.05) is 13.8 Å². The highest BCUT2D eigenvalue weighted by Gasteiger charge is 2.14. The van der Waals surface area contributed by atoms with Crippen LogP contribution in [-0.4, -0.2) is 30.8 Å². The molecule has 0 unspecified atom stereocenters. The summed E-state index contributed by atoms with van der Waals surface area (Å²) in [6.45, 7) is 7.53. The van der Waals surface area contributed by atoms with Crippen LogP contribution in [0.5, 0.6) is 0 Å². The van der Waals surface area contributed by atoms with Crippen LogP contribution in [0.3, 0.4) is 0 Å². The van der Waals surface area contributed by atoms with E-state index >= 15 is 0 Å². The van der Waals surface area contributed by atoms with Gasteiger partial charge in [-0.3, -0.25) is 0 Å². The molecule has 0 aromatic carbocycles. The Morgan fingerprint density at radius 3 is 2.42 bits per heavy atom. The summed E-state index contributed by atoms with van der Waals surface area (Å²) in [5.41, 5.74) is 0.934. The van der Waals surface area contributed by atoms with Gasteiger partial charge >= 0.3 is 5.97 Å². The van der Waals surface area contributed by atoms with Crippen LogP contribution in [0.4, 0.5) is 0 Å². The molecule has 2 rings (SSSR count). The van der Waals surface area contributed by atoms with Crippen molar-refractivity contribution < 1.29 is 9.90 Å². The summed E-state index contributed by atoms with van der Waals surface area (Å²) in [4.78, 5) is 19.8. The Labute approximate surface area is 111 Å². The highest BCUT2D eigenvalue weighted by molar-refractivity contribution is 5.88. The number of carboxylic acids is 1. The highest BCUT2D eigenvalue weighted by atomic mass is 16.4. The molecule has 0 radical (unpaired) electrons. The van der Waals surface area contributed by atoms with Crippen LogP contribution in [0.1, 0.15) is 47.5 Å². The number of aryl methyl sites for hydroxylation is 2. The minimum absolute atomic E-state index is 0.142. The lowest BCUT2D eigenvalue weighted by molar-refractivity contribution is 0.0696. The van der Waals surface area contributed by atoms with E-state index < -0.39 is 5.97 Å². The molecule has 0 spiro atoms. The molecule has 6 nitrogen and oxygen atoms in total. The zero-order valence-corrected chi connectivity index (χ0v) is 11.4. The normalized spacial score (nSPS) is 11.0. The summed E-state index contributed by atoms with van der Waals surface area (Å²) in [7, 11) is 0. The molecule has 100 valence electrons. The van der Waals surface area contributed by atoms with Crippen molar-refractivity contribution >= 4 is 5.97 Å². The fourth-order valence-corrected chi connectivity index (χ4v) is 1.80. The van der Waals surface area contributed by atoms with Gasteiger partial charge < -0.3 is 5.11 Å². The molecule has 2 heterocycles. The Hall–Kier alpha value is -2.24. The molecular weight excluding hydrogens is 244 g/mol. The van der Waals surface area contributed by atoms with E-state index in [1.807, 2.05) is 20.8 Å². The van der Waals surface area contributed by atoms with Gasteiger partial charge in [-0.25, -0.2) is 14.8 Å². The van der Waals surface area contributed by atoms with Crippen molar-refractivity contribution in [1.29, 1.82) is 0 Å². The van der Waals surface area contributed by atoms with Crippen LogP contribution in [0.2, 0.25) is 0 Å². The summed E-state index contributed by atoms with van der Waals surface area (Å²) < 4.78 is 1.56. The number of hydrogen-bond donors (Lipinski definition) is 1. The Morgan fingerprint density at radius 1 is 1.26 bits per heavy atom. The van der Waals surface area contributed by atoms with Gasteiger partial charge in [-0.2, -0.15) is 4.68 Å². The second kappa shape index (κ2) is 4.79. The molecule has 0 aliphatic heterocycles. The van der Waals surface area contributed by atoms with Crippen molar-refractivity contribution in [2.45, 2.75) is 33.6 Å².